The third-order valence-electron chi connectivity index (χ3n) is 4.47. The van der Waals surface area contributed by atoms with Crippen LogP contribution in [0.25, 0.3) is 5.69 Å². The van der Waals surface area contributed by atoms with Crippen molar-refractivity contribution in [2.75, 3.05) is 11.7 Å². The van der Waals surface area contributed by atoms with Crippen molar-refractivity contribution in [2.45, 2.75) is 12.1 Å². The summed E-state index contributed by atoms with van der Waals surface area (Å²) in [5.41, 5.74) is 4.95. The Bertz CT molecular complexity index is 1390. The number of aryl methyl sites for hydroxylation is 2. The fourth-order valence-electron chi connectivity index (χ4n) is 2.91. The number of nitrogens with zero attached hydrogens (tertiary/aromatic N) is 7. The summed E-state index contributed by atoms with van der Waals surface area (Å²) in [6.07, 6.45) is 1.81. The van der Waals surface area contributed by atoms with Crippen LogP contribution < -0.4 is 16.6 Å². The molecule has 4 rings (SSSR count). The number of nitrogens with one attached hydrogen (secondary N) is 1. The number of benzene rings is 2. The number of anilines is 1. The van der Waals surface area contributed by atoms with Gasteiger partial charge in [0, 0.05) is 17.1 Å². The Kier molecular flexibility index (Phi) is 6.35. The first-order valence-electron chi connectivity index (χ1n) is 9.37. The van der Waals surface area contributed by atoms with Gasteiger partial charge in [-0.1, -0.05) is 35.0 Å². The van der Waals surface area contributed by atoms with E-state index in [4.69, 9.17) is 28.2 Å². The molecule has 0 aliphatic rings. The van der Waals surface area contributed by atoms with Crippen LogP contribution in [0.3, 0.4) is 0 Å². The Hall–Kier alpha value is -3.08. The molecule has 2 aromatic carbocycles. The zero-order chi connectivity index (χ0) is 22.8. The smallest absolute Gasteiger partial charge is 0.265 e. The first-order valence-corrected chi connectivity index (χ1v) is 11.3. The second-order valence-corrected chi connectivity index (χ2v) is 8.32. The predicted octanol–water partition coefficient (Wildman–Crippen LogP) is 3.61. The third kappa shape index (κ3) is 4.43. The highest BCUT2D eigenvalue weighted by atomic mass is 35.5. The van der Waals surface area contributed by atoms with Crippen molar-refractivity contribution in [3.8, 4) is 5.69 Å². The molecule has 0 amide bonds. The number of aromatic nitrogens is 6. The van der Waals surface area contributed by atoms with E-state index in [0.29, 0.717) is 32.5 Å². The van der Waals surface area contributed by atoms with Crippen molar-refractivity contribution >= 4 is 46.6 Å². The Morgan fingerprint density at radius 2 is 1.62 bits per heavy atom. The normalized spacial score (nSPS) is 11.7. The van der Waals surface area contributed by atoms with Gasteiger partial charge in [0.1, 0.15) is 5.69 Å². The van der Waals surface area contributed by atoms with Crippen LogP contribution in [0.1, 0.15) is 5.69 Å². The highest BCUT2D eigenvalue weighted by Gasteiger charge is 2.16. The minimum Gasteiger partial charge on any atom is -0.265 e. The van der Waals surface area contributed by atoms with E-state index in [0.717, 1.165) is 5.69 Å². The molecule has 9 nitrogen and oxygen atoms in total. The average Bonchev–Trinajstić information content (AvgIpc) is 3.08. The first-order chi connectivity index (χ1) is 15.4. The molecule has 0 spiro atoms. The largest absolute Gasteiger partial charge is 0.294 e. The zero-order valence-electron chi connectivity index (χ0n) is 17.3. The summed E-state index contributed by atoms with van der Waals surface area (Å²) in [6.45, 7) is 1.60. The molecule has 0 atom stereocenters. The van der Waals surface area contributed by atoms with Crippen LogP contribution in [-0.4, -0.2) is 35.5 Å². The first kappa shape index (κ1) is 22.1. The Labute approximate surface area is 197 Å². The maximum absolute atomic E-state index is 12.7. The third-order valence-corrected chi connectivity index (χ3v) is 5.60. The van der Waals surface area contributed by atoms with Gasteiger partial charge in [0.05, 0.1) is 11.4 Å². The number of halogens is 2. The molecule has 0 saturated heterocycles. The molecule has 4 aromatic rings. The van der Waals surface area contributed by atoms with E-state index in [9.17, 15) is 4.79 Å². The molecule has 0 unspecified atom stereocenters. The van der Waals surface area contributed by atoms with E-state index >= 15 is 0 Å². The molecule has 0 aliphatic carbocycles. The maximum atomic E-state index is 12.7. The van der Waals surface area contributed by atoms with Gasteiger partial charge in [0.15, 0.2) is 0 Å². The molecule has 0 bridgehead atoms. The highest BCUT2D eigenvalue weighted by Crippen LogP contribution is 2.19. The van der Waals surface area contributed by atoms with E-state index in [2.05, 4.69) is 20.7 Å². The number of rotatable bonds is 5. The summed E-state index contributed by atoms with van der Waals surface area (Å²) in [4.78, 5) is 17.5. The maximum Gasteiger partial charge on any atom is 0.294 e. The molecule has 12 heteroatoms. The van der Waals surface area contributed by atoms with E-state index in [1.54, 1.807) is 59.6 Å². The lowest BCUT2D eigenvalue weighted by atomic mass is 10.3. The molecule has 164 valence electrons. The lowest BCUT2D eigenvalue weighted by molar-refractivity contribution is 0.658. The summed E-state index contributed by atoms with van der Waals surface area (Å²) in [6, 6.07) is 14.3. The minimum atomic E-state index is -0.325. The highest BCUT2D eigenvalue weighted by molar-refractivity contribution is 7.98. The molecule has 2 aromatic heterocycles. The van der Waals surface area contributed by atoms with E-state index in [-0.39, 0.29) is 11.3 Å². The van der Waals surface area contributed by atoms with Crippen molar-refractivity contribution in [3.63, 3.8) is 0 Å². The molecule has 1 N–H and O–H groups in total. The Morgan fingerprint density at radius 3 is 2.25 bits per heavy atom. The van der Waals surface area contributed by atoms with Crippen LogP contribution in [0.5, 0.6) is 0 Å². The Balaban J connectivity index is 1.95. The predicted molar refractivity (Wildman–Crippen MR) is 126 cm³/mol. The molecule has 2 heterocycles. The van der Waals surface area contributed by atoms with Gasteiger partial charge in [-0.2, -0.15) is 4.68 Å². The summed E-state index contributed by atoms with van der Waals surface area (Å²) >= 11 is 13.4. The van der Waals surface area contributed by atoms with Gasteiger partial charge in [-0.25, -0.2) is 14.2 Å². The van der Waals surface area contributed by atoms with Gasteiger partial charge >= 0.3 is 0 Å². The van der Waals surface area contributed by atoms with Gasteiger partial charge < -0.3 is 0 Å². The van der Waals surface area contributed by atoms with Gasteiger partial charge in [-0.15, -0.1) is 15.3 Å². The van der Waals surface area contributed by atoms with Crippen LogP contribution in [-0.2, 0) is 7.05 Å². The molecular weight excluding hydrogens is 471 g/mol. The van der Waals surface area contributed by atoms with Gasteiger partial charge in [-0.3, -0.25) is 10.2 Å². The standard InChI is InChI=1S/C20H18Cl2N8OS/c1-12-17(31)30(20(32-3)25-24-12)27-18-26-28(2)19(23-15-8-4-13(21)5-9-15)29(18)16-10-6-14(22)7-11-16/h4-11H,1-3H3,(H,26,27). The lowest BCUT2D eigenvalue weighted by Crippen LogP contribution is -2.33. The molecule has 0 fully saturated rings. The average molecular weight is 489 g/mol. The molecular formula is C20H18Cl2N8OS. The summed E-state index contributed by atoms with van der Waals surface area (Å²) in [7, 11) is 1.76. The van der Waals surface area contributed by atoms with Crippen LogP contribution >= 0.6 is 35.0 Å². The quantitative estimate of drug-likeness (QED) is 0.431. The molecule has 0 radical (unpaired) electrons. The van der Waals surface area contributed by atoms with Crippen LogP contribution in [0.15, 0.2) is 63.5 Å². The fourth-order valence-corrected chi connectivity index (χ4v) is 3.59. The van der Waals surface area contributed by atoms with Crippen LogP contribution in [0.2, 0.25) is 10.0 Å². The Morgan fingerprint density at radius 1 is 1.00 bits per heavy atom. The monoisotopic (exact) mass is 488 g/mol. The van der Waals surface area contributed by atoms with Crippen molar-refractivity contribution < 1.29 is 0 Å². The number of hydrogen-bond acceptors (Lipinski definition) is 7. The SMILES string of the molecule is CSc1nnc(C)c(=O)n1Nc1nn(C)c(=Nc2ccc(Cl)cc2)n1-c1ccc(Cl)cc1. The van der Waals surface area contributed by atoms with Crippen LogP contribution in [0.4, 0.5) is 11.6 Å². The molecule has 32 heavy (non-hydrogen) atoms. The topological polar surface area (TPSA) is 94.9 Å². The zero-order valence-corrected chi connectivity index (χ0v) is 19.7. The summed E-state index contributed by atoms with van der Waals surface area (Å²) < 4.78 is 4.70. The number of thioether (sulfide) groups is 1. The summed E-state index contributed by atoms with van der Waals surface area (Å²) in [5.74, 6) is 0.354. The number of hydrogen-bond donors (Lipinski definition) is 1. The molecule has 0 saturated carbocycles. The fraction of sp³-hybridized carbons (Fsp3) is 0.150. The van der Waals surface area contributed by atoms with Gasteiger partial charge in [0.2, 0.25) is 16.7 Å². The van der Waals surface area contributed by atoms with E-state index in [1.807, 2.05) is 18.4 Å². The van der Waals surface area contributed by atoms with Crippen molar-refractivity contribution in [2.24, 2.45) is 12.0 Å². The molecule has 0 aliphatic heterocycles. The minimum absolute atomic E-state index is 0.260. The van der Waals surface area contributed by atoms with E-state index in [1.165, 1.54) is 16.4 Å². The lowest BCUT2D eigenvalue weighted by Gasteiger charge is -2.13. The second kappa shape index (κ2) is 9.19. The van der Waals surface area contributed by atoms with E-state index < -0.39 is 0 Å². The van der Waals surface area contributed by atoms with Crippen molar-refractivity contribution in [1.82, 2.24) is 29.2 Å². The van der Waals surface area contributed by atoms with Crippen molar-refractivity contribution in [3.05, 3.63) is 80.2 Å². The second-order valence-electron chi connectivity index (χ2n) is 6.67. The van der Waals surface area contributed by atoms with Crippen LogP contribution in [0, 0.1) is 6.92 Å². The van der Waals surface area contributed by atoms with Gasteiger partial charge in [0.25, 0.3) is 5.56 Å². The summed E-state index contributed by atoms with van der Waals surface area (Å²) in [5, 5.41) is 14.2. The van der Waals surface area contributed by atoms with Crippen molar-refractivity contribution in [1.29, 1.82) is 0 Å². The van der Waals surface area contributed by atoms with Gasteiger partial charge in [-0.05, 0) is 61.7 Å².